The fourth-order valence-electron chi connectivity index (χ4n) is 3.32. The van der Waals surface area contributed by atoms with E-state index in [1.165, 1.54) is 0 Å². The van der Waals surface area contributed by atoms with Crippen LogP contribution in [0.2, 0.25) is 0 Å². The van der Waals surface area contributed by atoms with Gasteiger partial charge in [-0.3, -0.25) is 0 Å². The third-order valence-electron chi connectivity index (χ3n) is 4.47. The van der Waals surface area contributed by atoms with Crippen LogP contribution in [0.3, 0.4) is 0 Å². The van der Waals surface area contributed by atoms with E-state index in [-0.39, 0.29) is 5.75 Å². The molecule has 1 aliphatic heterocycles. The van der Waals surface area contributed by atoms with E-state index >= 15 is 0 Å². The van der Waals surface area contributed by atoms with E-state index in [4.69, 9.17) is 0 Å². The maximum atomic E-state index is 10.3. The summed E-state index contributed by atoms with van der Waals surface area (Å²) in [5.74, 6) is 0.245. The van der Waals surface area contributed by atoms with Gasteiger partial charge in [-0.2, -0.15) is 4.98 Å². The first-order valence-corrected chi connectivity index (χ1v) is 10.3. The van der Waals surface area contributed by atoms with Gasteiger partial charge >= 0.3 is 0 Å². The van der Waals surface area contributed by atoms with Crippen molar-refractivity contribution < 1.29 is 5.11 Å². The van der Waals surface area contributed by atoms with E-state index in [1.807, 2.05) is 26.1 Å². The lowest BCUT2D eigenvalue weighted by molar-refractivity contribution is 0.469. The van der Waals surface area contributed by atoms with E-state index in [1.54, 1.807) is 34.0 Å². The van der Waals surface area contributed by atoms with Crippen molar-refractivity contribution in [3.63, 3.8) is 0 Å². The molecule has 2 N–H and O–H groups in total. The molecule has 25 heavy (non-hydrogen) atoms. The van der Waals surface area contributed by atoms with E-state index < -0.39 is 0 Å². The molecule has 1 atom stereocenters. The minimum absolute atomic E-state index is 0.245. The van der Waals surface area contributed by atoms with Gasteiger partial charge in [0.1, 0.15) is 11.4 Å². The van der Waals surface area contributed by atoms with Crippen LogP contribution in [0.1, 0.15) is 17.5 Å². The van der Waals surface area contributed by atoms with Gasteiger partial charge in [0.15, 0.2) is 10.8 Å². The molecule has 6 nitrogen and oxygen atoms in total. The topological polar surface area (TPSA) is 66.2 Å². The van der Waals surface area contributed by atoms with Gasteiger partial charge in [0, 0.05) is 19.1 Å². The summed E-state index contributed by atoms with van der Waals surface area (Å²) in [6.45, 7) is 6.10. The van der Waals surface area contributed by atoms with Crippen LogP contribution in [0, 0.1) is 13.8 Å². The molecule has 0 saturated carbocycles. The summed E-state index contributed by atoms with van der Waals surface area (Å²) in [6, 6.07) is 4.25. The van der Waals surface area contributed by atoms with E-state index in [2.05, 4.69) is 26.0 Å². The van der Waals surface area contributed by atoms with Gasteiger partial charge in [-0.1, -0.05) is 29.4 Å². The predicted octanol–water partition coefficient (Wildman–Crippen LogP) is 3.57. The average Bonchev–Trinajstić information content (AvgIpc) is 3.21. The number of hydrogen-bond acceptors (Lipinski definition) is 7. The molecule has 0 radical (unpaired) electrons. The quantitative estimate of drug-likeness (QED) is 0.680. The second-order valence-electron chi connectivity index (χ2n) is 6.43. The number of nitrogens with zero attached hydrogens (tertiary/aromatic N) is 4. The van der Waals surface area contributed by atoms with Gasteiger partial charge in [0.05, 0.1) is 10.9 Å². The van der Waals surface area contributed by atoms with Gasteiger partial charge in [-0.25, -0.2) is 8.99 Å². The average molecular weight is 376 g/mol. The number of fused-ring (bicyclic) bond motifs is 1. The zero-order valence-electron chi connectivity index (χ0n) is 14.5. The fourth-order valence-corrected chi connectivity index (χ4v) is 4.83. The molecule has 132 valence electrons. The number of anilines is 1. The van der Waals surface area contributed by atoms with E-state index in [9.17, 15) is 5.11 Å². The molecule has 3 heterocycles. The lowest BCUT2D eigenvalue weighted by Gasteiger charge is -2.12. The molecular weight excluding hydrogens is 354 g/mol. The highest BCUT2D eigenvalue weighted by atomic mass is 32.2. The van der Waals surface area contributed by atoms with Gasteiger partial charge in [-0.15, -0.1) is 5.10 Å². The predicted molar refractivity (Wildman–Crippen MR) is 105 cm³/mol. The summed E-state index contributed by atoms with van der Waals surface area (Å²) in [5, 5.41) is 19.3. The molecule has 0 spiro atoms. The largest absolute Gasteiger partial charge is 0.506 e. The Hall–Kier alpha value is -1.77. The first-order valence-electron chi connectivity index (χ1n) is 8.26. The summed E-state index contributed by atoms with van der Waals surface area (Å²) in [6.07, 6.45) is 5.19. The normalized spacial score (nSPS) is 18.3. The molecule has 2 aromatic heterocycles. The van der Waals surface area contributed by atoms with Gasteiger partial charge in [0.2, 0.25) is 0 Å². The first kappa shape index (κ1) is 16.7. The number of aromatic nitrogens is 3. The van der Waals surface area contributed by atoms with Crippen molar-refractivity contribution in [3.8, 4) is 11.4 Å². The number of rotatable bonds is 4. The lowest BCUT2D eigenvalue weighted by Crippen LogP contribution is -2.22. The molecule has 4 rings (SSSR count). The summed E-state index contributed by atoms with van der Waals surface area (Å²) in [7, 11) is 0. The highest BCUT2D eigenvalue weighted by Gasteiger charge is 2.23. The van der Waals surface area contributed by atoms with Crippen molar-refractivity contribution in [1.29, 1.82) is 0 Å². The Morgan fingerprint density at radius 3 is 2.88 bits per heavy atom. The fraction of sp³-hybridized carbons (Fsp3) is 0.412. The Morgan fingerprint density at radius 2 is 2.20 bits per heavy atom. The zero-order chi connectivity index (χ0) is 17.6. The molecule has 8 heteroatoms. The molecule has 1 aliphatic rings. The Bertz CT molecular complexity index is 865. The number of phenolic OH excluding ortho intramolecular Hbond substituents is 1. The molecule has 1 fully saturated rings. The summed E-state index contributed by atoms with van der Waals surface area (Å²) >= 11 is 3.40. The van der Waals surface area contributed by atoms with Crippen LogP contribution in [0.4, 0.5) is 5.13 Å². The zero-order valence-corrected chi connectivity index (χ0v) is 16.1. The van der Waals surface area contributed by atoms with E-state index in [0.29, 0.717) is 11.7 Å². The van der Waals surface area contributed by atoms with Crippen molar-refractivity contribution in [1.82, 2.24) is 19.1 Å². The molecule has 0 bridgehead atoms. The van der Waals surface area contributed by atoms with Crippen molar-refractivity contribution in [2.45, 2.75) is 26.3 Å². The standard InChI is InChI=1S/C17H21N5OS2/c1-10-6-11(2)15(13(23)7-10)22-9-14-16(20-22)19-17(25-14)18-12-4-5-21(8-12)24-3/h6-7,9,12,23H,4-5,8H2,1-3H3,(H,18,19,20). The molecule has 1 saturated heterocycles. The smallest absolute Gasteiger partial charge is 0.194 e. The third kappa shape index (κ3) is 3.21. The maximum absolute atomic E-state index is 10.3. The number of nitrogens with one attached hydrogen (secondary N) is 1. The Labute approximate surface area is 155 Å². The minimum atomic E-state index is 0.245. The number of aromatic hydroxyl groups is 1. The lowest BCUT2D eigenvalue weighted by atomic mass is 10.1. The SMILES string of the molecule is CSN1CCC(Nc2nc3nn(-c4c(C)cc(C)cc4O)cc3s2)C1. The highest BCUT2D eigenvalue weighted by Crippen LogP contribution is 2.31. The molecule has 0 amide bonds. The Morgan fingerprint density at radius 1 is 1.36 bits per heavy atom. The van der Waals surface area contributed by atoms with Crippen molar-refractivity contribution in [2.24, 2.45) is 0 Å². The molecule has 1 aromatic carbocycles. The van der Waals surface area contributed by atoms with Crippen LogP contribution < -0.4 is 5.32 Å². The van der Waals surface area contributed by atoms with Crippen molar-refractivity contribution >= 4 is 38.8 Å². The molecule has 1 unspecified atom stereocenters. The minimum Gasteiger partial charge on any atom is -0.506 e. The number of benzene rings is 1. The summed E-state index contributed by atoms with van der Waals surface area (Å²) in [5.41, 5.74) is 3.46. The Balaban J connectivity index is 1.58. The van der Waals surface area contributed by atoms with Gasteiger partial charge in [0.25, 0.3) is 0 Å². The highest BCUT2D eigenvalue weighted by molar-refractivity contribution is 7.96. The summed E-state index contributed by atoms with van der Waals surface area (Å²) in [4.78, 5) is 4.62. The van der Waals surface area contributed by atoms with Crippen LogP contribution in [-0.4, -0.2) is 49.6 Å². The van der Waals surface area contributed by atoms with E-state index in [0.717, 1.165) is 46.2 Å². The van der Waals surface area contributed by atoms with Crippen molar-refractivity contribution in [3.05, 3.63) is 29.5 Å². The molecule has 0 aliphatic carbocycles. The van der Waals surface area contributed by atoms with Crippen LogP contribution in [0.5, 0.6) is 5.75 Å². The summed E-state index contributed by atoms with van der Waals surface area (Å²) < 4.78 is 5.11. The number of hydrogen-bond donors (Lipinski definition) is 2. The Kier molecular flexibility index (Phi) is 4.35. The second kappa shape index (κ2) is 6.51. The third-order valence-corrected chi connectivity index (χ3v) is 6.23. The van der Waals surface area contributed by atoms with Crippen molar-refractivity contribution in [2.75, 3.05) is 24.7 Å². The van der Waals surface area contributed by atoms with Crippen LogP contribution >= 0.6 is 23.3 Å². The van der Waals surface area contributed by atoms with Crippen LogP contribution in [0.25, 0.3) is 16.0 Å². The number of thiazole rings is 1. The molecular formula is C17H21N5OS2. The maximum Gasteiger partial charge on any atom is 0.194 e. The van der Waals surface area contributed by atoms with Crippen LogP contribution in [-0.2, 0) is 0 Å². The number of aryl methyl sites for hydroxylation is 2. The molecule has 3 aromatic rings. The first-order chi connectivity index (χ1) is 12.0. The van der Waals surface area contributed by atoms with Gasteiger partial charge < -0.3 is 10.4 Å². The van der Waals surface area contributed by atoms with Crippen LogP contribution in [0.15, 0.2) is 18.3 Å². The second-order valence-corrected chi connectivity index (χ2v) is 8.34. The monoisotopic (exact) mass is 375 g/mol. The number of phenols is 1. The van der Waals surface area contributed by atoms with Gasteiger partial charge in [-0.05, 0) is 43.7 Å².